The number of anilines is 6. The summed E-state index contributed by atoms with van der Waals surface area (Å²) in [6.07, 6.45) is 0. The van der Waals surface area contributed by atoms with Gasteiger partial charge >= 0.3 is 0 Å². The maximum atomic E-state index is 2.48. The predicted molar refractivity (Wildman–Crippen MR) is 316 cm³/mol. The quantitative estimate of drug-likeness (QED) is 0.144. The molecule has 3 heterocycles. The van der Waals surface area contributed by atoms with E-state index in [1.807, 2.05) is 0 Å². The van der Waals surface area contributed by atoms with Crippen LogP contribution in [0.2, 0.25) is 0 Å². The van der Waals surface area contributed by atoms with E-state index in [0.29, 0.717) is 0 Å². The first-order chi connectivity index (χ1) is 37.2. The molecule has 5 heteroatoms. The van der Waals surface area contributed by atoms with E-state index in [9.17, 15) is 0 Å². The molecule has 0 aliphatic heterocycles. The summed E-state index contributed by atoms with van der Waals surface area (Å²) < 4.78 is 7.31. The van der Waals surface area contributed by atoms with E-state index in [1.165, 1.54) is 48.7 Å². The van der Waals surface area contributed by atoms with Crippen LogP contribution in [-0.4, -0.2) is 13.7 Å². The third kappa shape index (κ3) is 6.86. The van der Waals surface area contributed by atoms with Gasteiger partial charge in [-0.25, -0.2) is 0 Å². The summed E-state index contributed by atoms with van der Waals surface area (Å²) in [6, 6.07) is 104. The van der Waals surface area contributed by atoms with Gasteiger partial charge in [-0.05, 0) is 126 Å². The molecule has 5 nitrogen and oxygen atoms in total. The summed E-state index contributed by atoms with van der Waals surface area (Å²) in [4.78, 5) is 4.92. The van der Waals surface area contributed by atoms with Gasteiger partial charge in [0.1, 0.15) is 0 Å². The van der Waals surface area contributed by atoms with E-state index in [4.69, 9.17) is 0 Å². The number of fused-ring (bicyclic) bond motifs is 10. The van der Waals surface area contributed by atoms with Crippen LogP contribution in [0.15, 0.2) is 285 Å². The van der Waals surface area contributed by atoms with Gasteiger partial charge in [0.05, 0.1) is 44.5 Å². The molecule has 0 aliphatic carbocycles. The van der Waals surface area contributed by atoms with Crippen molar-refractivity contribution in [1.29, 1.82) is 0 Å². The van der Waals surface area contributed by atoms with Crippen LogP contribution in [0, 0.1) is 0 Å². The first-order valence-corrected chi connectivity index (χ1v) is 25.7. The van der Waals surface area contributed by atoms with Gasteiger partial charge < -0.3 is 23.5 Å². The Morgan fingerprint density at radius 1 is 0.213 bits per heavy atom. The fraction of sp³-hybridized carbons (Fsp3) is 0. The van der Waals surface area contributed by atoms with Crippen molar-refractivity contribution < 1.29 is 0 Å². The van der Waals surface area contributed by atoms with E-state index < -0.39 is 0 Å². The van der Waals surface area contributed by atoms with Crippen LogP contribution < -0.4 is 9.80 Å². The number of para-hydroxylation sites is 7. The Morgan fingerprint density at radius 2 is 0.627 bits per heavy atom. The first kappa shape index (κ1) is 42.6. The summed E-state index contributed by atoms with van der Waals surface area (Å²) in [5.74, 6) is 0. The lowest BCUT2D eigenvalue weighted by molar-refractivity contribution is 1.17. The molecule has 0 radical (unpaired) electrons. The number of aromatic nitrogens is 3. The van der Waals surface area contributed by atoms with Gasteiger partial charge in [-0.3, -0.25) is 0 Å². The lowest BCUT2D eigenvalue weighted by Crippen LogP contribution is -2.14. The van der Waals surface area contributed by atoms with E-state index in [2.05, 4.69) is 309 Å². The van der Waals surface area contributed by atoms with E-state index in [-0.39, 0.29) is 0 Å². The largest absolute Gasteiger partial charge is 0.310 e. The average molecular weight is 958 g/mol. The van der Waals surface area contributed by atoms with Gasteiger partial charge in [-0.1, -0.05) is 170 Å². The molecule has 0 fully saturated rings. The van der Waals surface area contributed by atoms with E-state index >= 15 is 0 Å². The molecule has 0 amide bonds. The van der Waals surface area contributed by atoms with Crippen molar-refractivity contribution in [3.63, 3.8) is 0 Å². The molecular weight excluding hydrogens is 911 g/mol. The second kappa shape index (κ2) is 17.3. The van der Waals surface area contributed by atoms with Crippen LogP contribution in [0.25, 0.3) is 93.3 Å². The average Bonchev–Trinajstić information content (AvgIpc) is 4.18. The van der Waals surface area contributed by atoms with Crippen molar-refractivity contribution in [2.75, 3.05) is 9.80 Å². The molecule has 0 spiro atoms. The normalized spacial score (nSPS) is 11.7. The lowest BCUT2D eigenvalue weighted by Gasteiger charge is -2.30. The number of hydrogen-bond donors (Lipinski definition) is 0. The molecule has 15 aromatic rings. The molecule has 0 N–H and O–H groups in total. The third-order valence-electron chi connectivity index (χ3n) is 15.1. The van der Waals surface area contributed by atoms with Crippen molar-refractivity contribution in [2.45, 2.75) is 0 Å². The SMILES string of the molecule is c1ccc(N(c2ccccc2)c2cc(N(c3ccc4c5ccccc5n(-c5ccccc5)c4c3)c3ccc4c5ccccc5n(-c5ccccc5)c4c3)cc3c2c2ccccc2n3-c2ccc3ccccc3c2)cc1. The summed E-state index contributed by atoms with van der Waals surface area (Å²) in [5.41, 5.74) is 16.5. The molecule has 12 aromatic carbocycles. The minimum atomic E-state index is 1.02. The van der Waals surface area contributed by atoms with Gasteiger partial charge in [0.15, 0.2) is 0 Å². The molecule has 3 aromatic heterocycles. The number of rotatable bonds is 9. The molecule has 15 rings (SSSR count). The zero-order valence-corrected chi connectivity index (χ0v) is 40.9. The topological polar surface area (TPSA) is 21.3 Å². The molecular formula is C70H47N5. The van der Waals surface area contributed by atoms with Crippen LogP contribution in [0.5, 0.6) is 0 Å². The Hall–Kier alpha value is -10.1. The maximum Gasteiger partial charge on any atom is 0.0583 e. The summed E-state index contributed by atoms with van der Waals surface area (Å²) >= 11 is 0. The molecule has 0 atom stereocenters. The third-order valence-corrected chi connectivity index (χ3v) is 15.1. The van der Waals surface area contributed by atoms with Crippen LogP contribution >= 0.6 is 0 Å². The van der Waals surface area contributed by atoms with Crippen LogP contribution in [0.3, 0.4) is 0 Å². The lowest BCUT2D eigenvalue weighted by atomic mass is 10.0. The summed E-state index contributed by atoms with van der Waals surface area (Å²) in [6.45, 7) is 0. The number of benzene rings is 12. The molecule has 0 saturated heterocycles. The second-order valence-electron chi connectivity index (χ2n) is 19.4. The highest BCUT2D eigenvalue weighted by Crippen LogP contribution is 2.50. The van der Waals surface area contributed by atoms with E-state index in [1.54, 1.807) is 0 Å². The van der Waals surface area contributed by atoms with Crippen LogP contribution in [0.1, 0.15) is 0 Å². The minimum absolute atomic E-state index is 1.02. The van der Waals surface area contributed by atoms with Crippen LogP contribution in [-0.2, 0) is 0 Å². The Labute approximate surface area is 433 Å². The predicted octanol–water partition coefficient (Wildman–Crippen LogP) is 19.1. The maximum absolute atomic E-state index is 2.48. The Morgan fingerprint density at radius 3 is 1.17 bits per heavy atom. The Balaban J connectivity index is 1.09. The molecule has 0 unspecified atom stereocenters. The van der Waals surface area contributed by atoms with Crippen molar-refractivity contribution in [3.8, 4) is 17.1 Å². The van der Waals surface area contributed by atoms with Crippen molar-refractivity contribution in [2.24, 2.45) is 0 Å². The highest BCUT2D eigenvalue weighted by molar-refractivity contribution is 6.19. The van der Waals surface area contributed by atoms with Gasteiger partial charge in [-0.15, -0.1) is 0 Å². The Kier molecular flexibility index (Phi) is 9.82. The van der Waals surface area contributed by atoms with Crippen molar-refractivity contribution in [3.05, 3.63) is 285 Å². The van der Waals surface area contributed by atoms with Gasteiger partial charge in [0.2, 0.25) is 0 Å². The zero-order chi connectivity index (χ0) is 49.4. The summed E-state index contributed by atoms with van der Waals surface area (Å²) in [5, 5.41) is 9.57. The second-order valence-corrected chi connectivity index (χ2v) is 19.4. The van der Waals surface area contributed by atoms with Crippen molar-refractivity contribution >= 4 is 110 Å². The molecule has 0 aliphatic rings. The standard InChI is InChI=1S/C70H47N5/c1-5-23-50(24-6-1)72(51-25-7-2-8-26-51)68-46-57(47-69-70(68)62-33-17-20-36-65(62)75(69)54-38-37-48-21-13-14-22-49(48)43-54)71(55-39-41-60-58-31-15-18-34-63(58)73(66(60)44-55)52-27-9-3-10-28-52)56-40-42-61-59-32-16-19-35-64(59)74(67(61)45-56)53-29-11-4-12-30-53/h1-47H. The van der Waals surface area contributed by atoms with Crippen molar-refractivity contribution in [1.82, 2.24) is 13.7 Å². The molecule has 352 valence electrons. The van der Waals surface area contributed by atoms with Crippen LogP contribution in [0.4, 0.5) is 34.1 Å². The molecule has 0 bridgehead atoms. The van der Waals surface area contributed by atoms with Gasteiger partial charge in [0, 0.05) is 72.1 Å². The van der Waals surface area contributed by atoms with Gasteiger partial charge in [-0.2, -0.15) is 0 Å². The van der Waals surface area contributed by atoms with Gasteiger partial charge in [0.25, 0.3) is 0 Å². The fourth-order valence-corrected chi connectivity index (χ4v) is 11.9. The number of hydrogen-bond acceptors (Lipinski definition) is 2. The molecule has 0 saturated carbocycles. The highest BCUT2D eigenvalue weighted by atomic mass is 15.2. The fourth-order valence-electron chi connectivity index (χ4n) is 11.9. The highest BCUT2D eigenvalue weighted by Gasteiger charge is 2.27. The summed E-state index contributed by atoms with van der Waals surface area (Å²) in [7, 11) is 0. The molecule has 75 heavy (non-hydrogen) atoms. The number of nitrogens with zero attached hydrogens (tertiary/aromatic N) is 5. The monoisotopic (exact) mass is 957 g/mol. The minimum Gasteiger partial charge on any atom is -0.310 e. The van der Waals surface area contributed by atoms with E-state index in [0.717, 1.165) is 78.6 Å². The zero-order valence-electron chi connectivity index (χ0n) is 40.9. The first-order valence-electron chi connectivity index (χ1n) is 25.7. The smallest absolute Gasteiger partial charge is 0.0583 e. The Bertz CT molecular complexity index is 4450.